The largest absolute Gasteiger partial charge is 0.497 e. The van der Waals surface area contributed by atoms with E-state index >= 15 is 0 Å². The van der Waals surface area contributed by atoms with Gasteiger partial charge in [0.1, 0.15) is 17.1 Å². The fourth-order valence-corrected chi connectivity index (χ4v) is 4.56. The number of ether oxygens (including phenoxy) is 2. The fourth-order valence-electron chi connectivity index (χ4n) is 4.56. The molecule has 4 rings (SSSR count). The lowest BCUT2D eigenvalue weighted by Gasteiger charge is -2.39. The average Bonchev–Trinajstić information content (AvgIpc) is 2.74. The molecule has 1 unspecified atom stereocenters. The van der Waals surface area contributed by atoms with Crippen LogP contribution in [0.4, 0.5) is 0 Å². The molecule has 5 nitrogen and oxygen atoms in total. The van der Waals surface area contributed by atoms with Crippen molar-refractivity contribution in [3.05, 3.63) is 59.7 Å². The molecule has 0 saturated carbocycles. The van der Waals surface area contributed by atoms with E-state index in [1.807, 2.05) is 30.3 Å². The zero-order valence-corrected chi connectivity index (χ0v) is 18.2. The zero-order chi connectivity index (χ0) is 21.1. The second-order valence-corrected chi connectivity index (χ2v) is 9.06. The van der Waals surface area contributed by atoms with Crippen molar-refractivity contribution in [3.63, 3.8) is 0 Å². The Morgan fingerprint density at radius 3 is 2.53 bits per heavy atom. The highest BCUT2D eigenvalue weighted by Gasteiger charge is 2.35. The average molecular weight is 409 g/mol. The summed E-state index contributed by atoms with van der Waals surface area (Å²) in [5.41, 5.74) is 2.08. The first-order valence-electron chi connectivity index (χ1n) is 10.9. The number of hydrogen-bond donors (Lipinski definition) is 1. The van der Waals surface area contributed by atoms with Gasteiger partial charge in [-0.05, 0) is 63.5 Å². The monoisotopic (exact) mass is 408 g/mol. The molecule has 0 radical (unpaired) electrons. The van der Waals surface area contributed by atoms with Gasteiger partial charge in [0.25, 0.3) is 0 Å². The van der Waals surface area contributed by atoms with Crippen LogP contribution in [0.2, 0.25) is 0 Å². The number of amides is 1. The van der Waals surface area contributed by atoms with Crippen LogP contribution in [-0.2, 0) is 11.3 Å². The van der Waals surface area contributed by atoms with Gasteiger partial charge in [0.05, 0.1) is 13.2 Å². The Morgan fingerprint density at radius 1 is 1.13 bits per heavy atom. The molecule has 0 aromatic heterocycles. The Labute approximate surface area is 179 Å². The molecular weight excluding hydrogens is 376 g/mol. The number of methoxy groups -OCH3 is 1. The van der Waals surface area contributed by atoms with E-state index in [4.69, 9.17) is 9.47 Å². The summed E-state index contributed by atoms with van der Waals surface area (Å²) >= 11 is 0. The van der Waals surface area contributed by atoms with Gasteiger partial charge in [-0.2, -0.15) is 0 Å². The molecule has 1 atom stereocenters. The van der Waals surface area contributed by atoms with Gasteiger partial charge < -0.3 is 14.8 Å². The molecule has 0 spiro atoms. The minimum Gasteiger partial charge on any atom is -0.497 e. The van der Waals surface area contributed by atoms with Crippen molar-refractivity contribution in [3.8, 4) is 11.5 Å². The molecule has 1 N–H and O–H groups in total. The Morgan fingerprint density at radius 2 is 1.83 bits per heavy atom. The molecule has 1 saturated heterocycles. The summed E-state index contributed by atoms with van der Waals surface area (Å²) in [5, 5.41) is 3.33. The molecule has 0 bridgehead atoms. The van der Waals surface area contributed by atoms with Crippen molar-refractivity contribution in [1.82, 2.24) is 10.2 Å². The van der Waals surface area contributed by atoms with Gasteiger partial charge in [0.2, 0.25) is 5.91 Å². The van der Waals surface area contributed by atoms with Crippen molar-refractivity contribution >= 4 is 5.91 Å². The fraction of sp³-hybridized carbons (Fsp3) is 0.480. The van der Waals surface area contributed by atoms with E-state index in [1.165, 1.54) is 5.56 Å². The third kappa shape index (κ3) is 4.78. The van der Waals surface area contributed by atoms with Gasteiger partial charge in [-0.15, -0.1) is 0 Å². The van der Waals surface area contributed by atoms with Gasteiger partial charge in [-0.3, -0.25) is 9.69 Å². The normalized spacial score (nSPS) is 21.4. The number of benzene rings is 2. The van der Waals surface area contributed by atoms with Crippen LogP contribution in [0.1, 0.15) is 50.3 Å². The van der Waals surface area contributed by atoms with Crippen molar-refractivity contribution < 1.29 is 14.3 Å². The summed E-state index contributed by atoms with van der Waals surface area (Å²) in [6, 6.07) is 16.3. The molecule has 2 aromatic rings. The van der Waals surface area contributed by atoms with E-state index < -0.39 is 0 Å². The first-order chi connectivity index (χ1) is 14.4. The van der Waals surface area contributed by atoms with Gasteiger partial charge >= 0.3 is 0 Å². The highest BCUT2D eigenvalue weighted by atomic mass is 16.5. The summed E-state index contributed by atoms with van der Waals surface area (Å²) in [6.07, 6.45) is 2.58. The van der Waals surface area contributed by atoms with Crippen molar-refractivity contribution in [2.45, 2.75) is 51.3 Å². The van der Waals surface area contributed by atoms with Crippen molar-refractivity contribution in [1.29, 1.82) is 0 Å². The van der Waals surface area contributed by atoms with Gasteiger partial charge in [0.15, 0.2) is 0 Å². The van der Waals surface area contributed by atoms with E-state index in [9.17, 15) is 4.79 Å². The summed E-state index contributed by atoms with van der Waals surface area (Å²) in [5.74, 6) is 2.02. The number of fused-ring (bicyclic) bond motifs is 1. The Balaban J connectivity index is 1.32. The molecule has 1 amide bonds. The van der Waals surface area contributed by atoms with Gasteiger partial charge in [-0.1, -0.05) is 30.3 Å². The van der Waals surface area contributed by atoms with Crippen LogP contribution < -0.4 is 14.8 Å². The maximum atomic E-state index is 13.0. The van der Waals surface area contributed by atoms with E-state index in [0.29, 0.717) is 0 Å². The minimum atomic E-state index is -0.284. The maximum absolute atomic E-state index is 13.0. The Kier molecular flexibility index (Phi) is 6.00. The van der Waals surface area contributed by atoms with Crippen LogP contribution >= 0.6 is 0 Å². The highest BCUT2D eigenvalue weighted by molar-refractivity contribution is 5.79. The number of rotatable bonds is 5. The second-order valence-electron chi connectivity index (χ2n) is 9.06. The molecule has 0 aliphatic carbocycles. The lowest BCUT2D eigenvalue weighted by molar-refractivity contribution is -0.127. The number of nitrogens with one attached hydrogen (secondary N) is 1. The van der Waals surface area contributed by atoms with Crippen LogP contribution in [0.25, 0.3) is 0 Å². The van der Waals surface area contributed by atoms with E-state index in [2.05, 4.69) is 42.3 Å². The van der Waals surface area contributed by atoms with Gasteiger partial charge in [-0.25, -0.2) is 0 Å². The zero-order valence-electron chi connectivity index (χ0n) is 18.2. The summed E-state index contributed by atoms with van der Waals surface area (Å²) in [6.45, 7) is 6.97. The molecule has 30 heavy (non-hydrogen) atoms. The second kappa shape index (κ2) is 8.68. The van der Waals surface area contributed by atoms with Crippen LogP contribution in [0.3, 0.4) is 0 Å². The van der Waals surface area contributed by atoms with Crippen LogP contribution in [0.15, 0.2) is 48.5 Å². The number of nitrogens with zero attached hydrogens (tertiary/aromatic N) is 1. The number of hydrogen-bond acceptors (Lipinski definition) is 4. The van der Waals surface area contributed by atoms with Crippen molar-refractivity contribution in [2.75, 3.05) is 20.2 Å². The molecule has 160 valence electrons. The smallest absolute Gasteiger partial charge is 0.223 e. The highest BCUT2D eigenvalue weighted by Crippen LogP contribution is 2.39. The lowest BCUT2D eigenvalue weighted by atomic mass is 9.88. The quantitative estimate of drug-likeness (QED) is 0.800. The molecule has 1 fully saturated rings. The maximum Gasteiger partial charge on any atom is 0.223 e. The standard InChI is InChI=1S/C25H32N2O3/c1-25(2)16-22(21-6-4-5-7-23(21)30-25)26-24(28)19-12-14-27(15-13-19)17-18-8-10-20(29-3)11-9-18/h4-11,19,22H,12-17H2,1-3H3,(H,26,28). The van der Waals surface area contributed by atoms with Crippen LogP contribution in [0, 0.1) is 5.92 Å². The number of piperidine rings is 1. The van der Waals surface area contributed by atoms with Crippen LogP contribution in [-0.4, -0.2) is 36.6 Å². The molecular formula is C25H32N2O3. The summed E-state index contributed by atoms with van der Waals surface area (Å²) in [4.78, 5) is 15.5. The number of carbonyl (C=O) groups is 1. The van der Waals surface area contributed by atoms with Crippen LogP contribution in [0.5, 0.6) is 11.5 Å². The Bertz CT molecular complexity index is 870. The van der Waals surface area contributed by atoms with E-state index in [1.54, 1.807) is 7.11 Å². The number of carbonyl (C=O) groups excluding carboxylic acids is 1. The first-order valence-corrected chi connectivity index (χ1v) is 10.9. The number of para-hydroxylation sites is 1. The van der Waals surface area contributed by atoms with E-state index in [0.717, 1.165) is 56.0 Å². The molecule has 5 heteroatoms. The molecule has 2 heterocycles. The number of likely N-dealkylation sites (tertiary alicyclic amines) is 1. The molecule has 2 aliphatic rings. The summed E-state index contributed by atoms with van der Waals surface area (Å²) < 4.78 is 11.3. The molecule has 2 aromatic carbocycles. The third-order valence-corrected chi connectivity index (χ3v) is 6.22. The molecule has 2 aliphatic heterocycles. The predicted octanol–water partition coefficient (Wildman–Crippen LogP) is 4.33. The Hall–Kier alpha value is -2.53. The topological polar surface area (TPSA) is 50.8 Å². The first kappa shape index (κ1) is 20.7. The van der Waals surface area contributed by atoms with Crippen molar-refractivity contribution in [2.24, 2.45) is 5.92 Å². The third-order valence-electron chi connectivity index (χ3n) is 6.22. The lowest BCUT2D eigenvalue weighted by Crippen LogP contribution is -2.45. The van der Waals surface area contributed by atoms with E-state index in [-0.39, 0.29) is 23.5 Å². The SMILES string of the molecule is COc1ccc(CN2CCC(C(=O)NC3CC(C)(C)Oc4ccccc43)CC2)cc1. The minimum absolute atomic E-state index is 0.00905. The summed E-state index contributed by atoms with van der Waals surface area (Å²) in [7, 11) is 1.69. The van der Waals surface area contributed by atoms with Gasteiger partial charge in [0, 0.05) is 24.4 Å². The predicted molar refractivity (Wildman–Crippen MR) is 118 cm³/mol.